The van der Waals surface area contributed by atoms with Gasteiger partial charge in [-0.05, 0) is 44.5 Å². The van der Waals surface area contributed by atoms with Gasteiger partial charge in [0.1, 0.15) is 17.4 Å². The van der Waals surface area contributed by atoms with E-state index in [1.165, 1.54) is 6.08 Å². The molecule has 0 unspecified atom stereocenters. The fourth-order valence-corrected chi connectivity index (χ4v) is 2.67. The van der Waals surface area contributed by atoms with E-state index in [1.807, 2.05) is 6.07 Å². The molecule has 2 rings (SSSR count). The standard InChI is InChI=1S/C20H20N2O4/c1-5-26-20(24)18-13(3)22-12(2)17(18)19(23)15(11-21)10-14-6-8-16(25-4)9-7-14/h6-10,22H,5H2,1-4H3/b15-10+. The highest BCUT2D eigenvalue weighted by Crippen LogP contribution is 2.24. The summed E-state index contributed by atoms with van der Waals surface area (Å²) in [4.78, 5) is 28.1. The Balaban J connectivity index is 2.47. The molecule has 0 aliphatic heterocycles. The van der Waals surface area contributed by atoms with Crippen LogP contribution in [0.4, 0.5) is 0 Å². The summed E-state index contributed by atoms with van der Waals surface area (Å²) in [5, 5.41) is 9.46. The van der Waals surface area contributed by atoms with Crippen molar-refractivity contribution < 1.29 is 19.1 Å². The van der Waals surface area contributed by atoms with Gasteiger partial charge in [-0.3, -0.25) is 4.79 Å². The fraction of sp³-hybridized carbons (Fsp3) is 0.250. The number of nitriles is 1. The van der Waals surface area contributed by atoms with E-state index in [9.17, 15) is 14.9 Å². The Morgan fingerprint density at radius 3 is 2.31 bits per heavy atom. The highest BCUT2D eigenvalue weighted by molar-refractivity contribution is 6.19. The van der Waals surface area contributed by atoms with Crippen LogP contribution in [0.1, 0.15) is 44.6 Å². The lowest BCUT2D eigenvalue weighted by Gasteiger charge is -2.05. The van der Waals surface area contributed by atoms with Gasteiger partial charge in [0, 0.05) is 11.4 Å². The molecule has 0 aliphatic rings. The number of Topliss-reactive ketones (excluding diaryl/α,β-unsaturated/α-hetero) is 1. The number of benzene rings is 1. The average Bonchev–Trinajstić information content (AvgIpc) is 2.93. The first-order chi connectivity index (χ1) is 12.4. The Labute approximate surface area is 152 Å². The van der Waals surface area contributed by atoms with Gasteiger partial charge in [0.05, 0.1) is 24.8 Å². The van der Waals surface area contributed by atoms with Gasteiger partial charge in [-0.25, -0.2) is 4.79 Å². The highest BCUT2D eigenvalue weighted by atomic mass is 16.5. The molecule has 0 bridgehead atoms. The monoisotopic (exact) mass is 352 g/mol. The van der Waals surface area contributed by atoms with Gasteiger partial charge < -0.3 is 14.5 Å². The molecule has 0 radical (unpaired) electrons. The van der Waals surface area contributed by atoms with Gasteiger partial charge in [-0.2, -0.15) is 5.26 Å². The Morgan fingerprint density at radius 2 is 1.77 bits per heavy atom. The van der Waals surface area contributed by atoms with Crippen molar-refractivity contribution >= 4 is 17.8 Å². The molecule has 1 heterocycles. The van der Waals surface area contributed by atoms with Crippen molar-refractivity contribution in [2.75, 3.05) is 13.7 Å². The van der Waals surface area contributed by atoms with E-state index >= 15 is 0 Å². The topological polar surface area (TPSA) is 92.2 Å². The molecular formula is C20H20N2O4. The minimum Gasteiger partial charge on any atom is -0.497 e. The Bertz CT molecular complexity index is 899. The zero-order chi connectivity index (χ0) is 19.3. The predicted octanol–water partition coefficient (Wildman–Crippen LogP) is 3.61. The van der Waals surface area contributed by atoms with Crippen LogP contribution in [-0.2, 0) is 4.74 Å². The van der Waals surface area contributed by atoms with Crippen molar-refractivity contribution in [1.82, 2.24) is 4.98 Å². The molecule has 0 atom stereocenters. The first-order valence-electron chi connectivity index (χ1n) is 8.09. The largest absolute Gasteiger partial charge is 0.497 e. The number of carbonyl (C=O) groups is 2. The Morgan fingerprint density at radius 1 is 1.15 bits per heavy atom. The van der Waals surface area contributed by atoms with E-state index in [2.05, 4.69) is 4.98 Å². The highest BCUT2D eigenvalue weighted by Gasteiger charge is 2.27. The molecule has 6 heteroatoms. The molecule has 0 saturated carbocycles. The van der Waals surface area contributed by atoms with E-state index < -0.39 is 11.8 Å². The van der Waals surface area contributed by atoms with Crippen LogP contribution in [0.2, 0.25) is 0 Å². The van der Waals surface area contributed by atoms with Crippen LogP contribution in [0.15, 0.2) is 29.8 Å². The molecule has 6 nitrogen and oxygen atoms in total. The number of aromatic amines is 1. The van der Waals surface area contributed by atoms with Crippen LogP contribution in [0.3, 0.4) is 0 Å². The van der Waals surface area contributed by atoms with Gasteiger partial charge in [-0.1, -0.05) is 12.1 Å². The summed E-state index contributed by atoms with van der Waals surface area (Å²) in [6.45, 7) is 5.27. The summed E-state index contributed by atoms with van der Waals surface area (Å²) in [5.74, 6) is -0.429. The number of aryl methyl sites for hydroxylation is 2. The number of methoxy groups -OCH3 is 1. The van der Waals surface area contributed by atoms with Gasteiger partial charge in [-0.15, -0.1) is 0 Å². The predicted molar refractivity (Wildman–Crippen MR) is 97.1 cm³/mol. The second-order valence-corrected chi connectivity index (χ2v) is 5.62. The Kier molecular flexibility index (Phi) is 5.97. The molecule has 0 spiro atoms. The lowest BCUT2D eigenvalue weighted by molar-refractivity contribution is 0.0523. The number of esters is 1. The maximum Gasteiger partial charge on any atom is 0.340 e. The number of ether oxygens (including phenoxy) is 2. The quantitative estimate of drug-likeness (QED) is 0.371. The molecule has 0 amide bonds. The summed E-state index contributed by atoms with van der Waals surface area (Å²) in [6, 6.07) is 8.88. The number of H-pyrrole nitrogens is 1. The third-order valence-electron chi connectivity index (χ3n) is 3.87. The van der Waals surface area contributed by atoms with E-state index in [0.29, 0.717) is 22.7 Å². The van der Waals surface area contributed by atoms with Gasteiger partial charge in [0.25, 0.3) is 0 Å². The SMILES string of the molecule is CCOC(=O)c1c(C)[nH]c(C)c1C(=O)/C(C#N)=C/c1ccc(OC)cc1. The molecule has 2 aromatic rings. The second-order valence-electron chi connectivity index (χ2n) is 5.62. The summed E-state index contributed by atoms with van der Waals surface area (Å²) in [5.41, 5.74) is 2.01. The van der Waals surface area contributed by atoms with Gasteiger partial charge in [0.15, 0.2) is 0 Å². The second kappa shape index (κ2) is 8.17. The lowest BCUT2D eigenvalue weighted by atomic mass is 9.98. The van der Waals surface area contributed by atoms with E-state index in [-0.39, 0.29) is 23.3 Å². The number of allylic oxidation sites excluding steroid dienone is 1. The van der Waals surface area contributed by atoms with Crippen LogP contribution < -0.4 is 4.74 Å². The molecule has 0 saturated heterocycles. The van der Waals surface area contributed by atoms with Crippen molar-refractivity contribution in [1.29, 1.82) is 5.26 Å². The number of hydrogen-bond donors (Lipinski definition) is 1. The normalized spacial score (nSPS) is 11.0. The zero-order valence-corrected chi connectivity index (χ0v) is 15.2. The minimum absolute atomic E-state index is 0.0668. The van der Waals surface area contributed by atoms with Crippen molar-refractivity contribution in [2.24, 2.45) is 0 Å². The lowest BCUT2D eigenvalue weighted by Crippen LogP contribution is -2.13. The van der Waals surface area contributed by atoms with Gasteiger partial charge in [0.2, 0.25) is 5.78 Å². The number of ketones is 1. The Hall–Kier alpha value is -3.33. The van der Waals surface area contributed by atoms with Crippen molar-refractivity contribution in [3.8, 4) is 11.8 Å². The number of hydrogen-bond acceptors (Lipinski definition) is 5. The third-order valence-corrected chi connectivity index (χ3v) is 3.87. The smallest absolute Gasteiger partial charge is 0.340 e. The molecule has 0 aliphatic carbocycles. The molecule has 0 fully saturated rings. The van der Waals surface area contributed by atoms with Crippen LogP contribution in [0.25, 0.3) is 6.08 Å². The van der Waals surface area contributed by atoms with E-state index in [0.717, 1.165) is 0 Å². The average molecular weight is 352 g/mol. The van der Waals surface area contributed by atoms with Crippen LogP contribution in [-0.4, -0.2) is 30.5 Å². The fourth-order valence-electron chi connectivity index (χ4n) is 2.67. The number of carbonyl (C=O) groups excluding carboxylic acids is 2. The third kappa shape index (κ3) is 3.83. The first-order valence-corrected chi connectivity index (χ1v) is 8.09. The molecule has 134 valence electrons. The van der Waals surface area contributed by atoms with E-state index in [1.54, 1.807) is 52.1 Å². The molecule has 26 heavy (non-hydrogen) atoms. The summed E-state index contributed by atoms with van der Waals surface area (Å²) >= 11 is 0. The van der Waals surface area contributed by atoms with Gasteiger partial charge >= 0.3 is 5.97 Å². The summed E-state index contributed by atoms with van der Waals surface area (Å²) < 4.78 is 10.1. The molecule has 1 aromatic heterocycles. The summed E-state index contributed by atoms with van der Waals surface area (Å²) in [7, 11) is 1.56. The number of nitrogens with zero attached hydrogens (tertiary/aromatic N) is 1. The molecule has 1 aromatic carbocycles. The van der Waals surface area contributed by atoms with E-state index in [4.69, 9.17) is 9.47 Å². The van der Waals surface area contributed by atoms with Crippen LogP contribution >= 0.6 is 0 Å². The number of aromatic nitrogens is 1. The van der Waals surface area contributed by atoms with Crippen molar-refractivity contribution in [2.45, 2.75) is 20.8 Å². The zero-order valence-electron chi connectivity index (χ0n) is 15.2. The molecule has 1 N–H and O–H groups in total. The molecular weight excluding hydrogens is 332 g/mol. The first kappa shape index (κ1) is 19.0. The summed E-state index contributed by atoms with van der Waals surface area (Å²) in [6.07, 6.45) is 1.48. The number of rotatable bonds is 6. The number of nitrogens with one attached hydrogen (secondary N) is 1. The maximum absolute atomic E-state index is 12.9. The maximum atomic E-state index is 12.9. The van der Waals surface area contributed by atoms with Crippen molar-refractivity contribution in [3.63, 3.8) is 0 Å². The van der Waals surface area contributed by atoms with Crippen LogP contribution in [0.5, 0.6) is 5.75 Å². The van der Waals surface area contributed by atoms with Crippen LogP contribution in [0, 0.1) is 25.2 Å². The minimum atomic E-state index is -0.584. The van der Waals surface area contributed by atoms with Crippen molar-refractivity contribution in [3.05, 3.63) is 57.9 Å².